The molecule has 6 nitrogen and oxygen atoms in total. The van der Waals surface area contributed by atoms with Crippen LogP contribution in [-0.2, 0) is 12.8 Å². The molecule has 1 amide bonds. The first kappa shape index (κ1) is 21.9. The highest BCUT2D eigenvalue weighted by atomic mass is 32.1. The number of benzene rings is 2. The van der Waals surface area contributed by atoms with Crippen LogP contribution < -0.4 is 5.32 Å². The number of para-hydroxylation sites is 1. The zero-order chi connectivity index (χ0) is 23.5. The van der Waals surface area contributed by atoms with Crippen molar-refractivity contribution < 1.29 is 19.1 Å². The van der Waals surface area contributed by atoms with E-state index in [4.69, 9.17) is 4.42 Å². The molecule has 7 heteroatoms. The fourth-order valence-electron chi connectivity index (χ4n) is 4.10. The number of hydrogen-bond donors (Lipinski definition) is 2. The highest BCUT2D eigenvalue weighted by Gasteiger charge is 2.25. The van der Waals surface area contributed by atoms with Crippen LogP contribution >= 0.6 is 11.3 Å². The molecule has 0 fully saturated rings. The molecule has 170 valence electrons. The third-order valence-electron chi connectivity index (χ3n) is 5.74. The molecule has 4 aromatic rings. The summed E-state index contributed by atoms with van der Waals surface area (Å²) in [7, 11) is 0. The van der Waals surface area contributed by atoms with E-state index in [1.54, 1.807) is 47.9 Å². The molecular formula is C27H22N2O4S. The minimum atomic E-state index is -0.988. The number of fused-ring (bicyclic) bond motifs is 1. The van der Waals surface area contributed by atoms with Crippen LogP contribution in [0.4, 0.5) is 10.7 Å². The average molecular weight is 471 g/mol. The van der Waals surface area contributed by atoms with E-state index in [9.17, 15) is 14.7 Å². The van der Waals surface area contributed by atoms with Gasteiger partial charge < -0.3 is 14.8 Å². The van der Waals surface area contributed by atoms with E-state index in [1.165, 1.54) is 10.9 Å². The van der Waals surface area contributed by atoms with Crippen LogP contribution in [0.25, 0.3) is 11.3 Å². The minimum absolute atomic E-state index is 0.150. The summed E-state index contributed by atoms with van der Waals surface area (Å²) in [4.78, 5) is 30.3. The van der Waals surface area contributed by atoms with Gasteiger partial charge in [-0.1, -0.05) is 30.3 Å². The Bertz CT molecular complexity index is 1380. The van der Waals surface area contributed by atoms with Crippen molar-refractivity contribution in [2.75, 3.05) is 5.32 Å². The fraction of sp³-hybridized carbons (Fsp3) is 0.148. The van der Waals surface area contributed by atoms with Gasteiger partial charge in [0.15, 0.2) is 0 Å². The molecule has 0 bridgehead atoms. The smallest absolute Gasteiger partial charge is 0.335 e. The number of aryl methyl sites for hydroxylation is 1. The molecule has 0 aliphatic heterocycles. The minimum Gasteiger partial charge on any atom is -0.478 e. The van der Waals surface area contributed by atoms with Crippen molar-refractivity contribution in [3.05, 3.63) is 94.1 Å². The number of aromatic carboxylic acids is 1. The summed E-state index contributed by atoms with van der Waals surface area (Å²) < 4.78 is 5.89. The second-order valence-corrected chi connectivity index (χ2v) is 9.14. The second-order valence-electron chi connectivity index (χ2n) is 8.06. The first-order valence-corrected chi connectivity index (χ1v) is 11.9. The molecule has 1 aliphatic rings. The van der Waals surface area contributed by atoms with E-state index in [0.717, 1.165) is 36.9 Å². The number of rotatable bonds is 6. The third-order valence-corrected chi connectivity index (χ3v) is 6.94. The normalized spacial score (nSPS) is 13.1. The Labute approximate surface area is 200 Å². The van der Waals surface area contributed by atoms with Gasteiger partial charge in [-0.15, -0.1) is 11.3 Å². The predicted octanol–water partition coefficient (Wildman–Crippen LogP) is 6.59. The molecule has 0 unspecified atom stereocenters. The van der Waals surface area contributed by atoms with Crippen LogP contribution in [0.3, 0.4) is 0 Å². The van der Waals surface area contributed by atoms with Crippen molar-refractivity contribution in [3.63, 3.8) is 0 Å². The van der Waals surface area contributed by atoms with Crippen LogP contribution in [0.5, 0.6) is 0 Å². The van der Waals surface area contributed by atoms with Crippen LogP contribution in [0, 0.1) is 0 Å². The van der Waals surface area contributed by atoms with Crippen LogP contribution in [0.2, 0.25) is 0 Å². The van der Waals surface area contributed by atoms with Gasteiger partial charge in [0, 0.05) is 16.1 Å². The van der Waals surface area contributed by atoms with Crippen molar-refractivity contribution in [1.82, 2.24) is 0 Å². The van der Waals surface area contributed by atoms with E-state index in [-0.39, 0.29) is 11.5 Å². The Morgan fingerprint density at radius 3 is 2.65 bits per heavy atom. The number of anilines is 1. The molecule has 2 aromatic carbocycles. The highest BCUT2D eigenvalue weighted by molar-refractivity contribution is 7.16. The summed E-state index contributed by atoms with van der Waals surface area (Å²) in [5, 5.41) is 12.9. The summed E-state index contributed by atoms with van der Waals surface area (Å²) in [6.07, 6.45) is 5.64. The number of carboxylic acids is 1. The lowest BCUT2D eigenvalue weighted by molar-refractivity contribution is 0.0696. The number of amides is 1. The van der Waals surface area contributed by atoms with Crippen LogP contribution in [-0.4, -0.2) is 23.2 Å². The quantitative estimate of drug-likeness (QED) is 0.311. The third kappa shape index (κ3) is 4.56. The summed E-state index contributed by atoms with van der Waals surface area (Å²) >= 11 is 1.56. The van der Waals surface area contributed by atoms with Crippen molar-refractivity contribution in [2.45, 2.75) is 25.7 Å². The van der Waals surface area contributed by atoms with Gasteiger partial charge in [-0.25, -0.2) is 9.79 Å². The monoisotopic (exact) mass is 470 g/mol. The number of nitrogens with zero attached hydrogens (tertiary/aromatic N) is 1. The molecule has 34 heavy (non-hydrogen) atoms. The zero-order valence-electron chi connectivity index (χ0n) is 18.3. The Kier molecular flexibility index (Phi) is 6.10. The van der Waals surface area contributed by atoms with Crippen LogP contribution in [0.1, 0.15) is 49.8 Å². The highest BCUT2D eigenvalue weighted by Crippen LogP contribution is 2.40. The summed E-state index contributed by atoms with van der Waals surface area (Å²) in [6.45, 7) is 0. The molecule has 0 radical (unpaired) electrons. The Morgan fingerprint density at radius 2 is 1.82 bits per heavy atom. The van der Waals surface area contributed by atoms with Crippen molar-refractivity contribution >= 4 is 40.1 Å². The molecule has 2 aromatic heterocycles. The largest absolute Gasteiger partial charge is 0.478 e. The number of thiophene rings is 1. The number of nitrogens with one attached hydrogen (secondary N) is 1. The Morgan fingerprint density at radius 1 is 1.00 bits per heavy atom. The molecule has 1 aliphatic carbocycles. The number of furan rings is 1. The first-order valence-electron chi connectivity index (χ1n) is 11.1. The molecule has 0 saturated heterocycles. The van der Waals surface area contributed by atoms with Gasteiger partial charge in [0.05, 0.1) is 17.3 Å². The van der Waals surface area contributed by atoms with Gasteiger partial charge in [0.1, 0.15) is 16.5 Å². The maximum atomic E-state index is 13.2. The molecule has 2 heterocycles. The lowest BCUT2D eigenvalue weighted by Crippen LogP contribution is -2.14. The Hall–Kier alpha value is -3.97. The maximum absolute atomic E-state index is 13.2. The van der Waals surface area contributed by atoms with E-state index < -0.39 is 5.97 Å². The molecule has 0 saturated carbocycles. The lowest BCUT2D eigenvalue weighted by Gasteiger charge is -2.12. The van der Waals surface area contributed by atoms with E-state index in [2.05, 4.69) is 10.3 Å². The SMILES string of the molecule is O=C(O)c1cccc(-c2ccc(/C=N\c3sc4c(c3C(=O)Nc3ccccc3)CCCC4)o2)c1. The number of aliphatic imine (C=N–C) groups is 1. The number of carbonyl (C=O) groups excluding carboxylic acids is 1. The fourth-order valence-corrected chi connectivity index (χ4v) is 5.33. The average Bonchev–Trinajstić information content (AvgIpc) is 3.48. The molecule has 5 rings (SSSR count). The van der Waals surface area contributed by atoms with Crippen LogP contribution in [0.15, 0.2) is 76.1 Å². The number of hydrogen-bond acceptors (Lipinski definition) is 5. The molecule has 0 spiro atoms. The van der Waals surface area contributed by atoms with Gasteiger partial charge >= 0.3 is 5.97 Å². The van der Waals surface area contributed by atoms with Gasteiger partial charge in [-0.2, -0.15) is 0 Å². The first-order chi connectivity index (χ1) is 16.6. The summed E-state index contributed by atoms with van der Waals surface area (Å²) in [5.74, 6) is -0.0601. The summed E-state index contributed by atoms with van der Waals surface area (Å²) in [5.41, 5.74) is 3.36. The molecular weight excluding hydrogens is 448 g/mol. The second kappa shape index (κ2) is 9.49. The number of carbonyl (C=O) groups is 2. The van der Waals surface area contributed by atoms with E-state index >= 15 is 0 Å². The topological polar surface area (TPSA) is 91.9 Å². The molecule has 0 atom stereocenters. The maximum Gasteiger partial charge on any atom is 0.335 e. The summed E-state index contributed by atoms with van der Waals surface area (Å²) in [6, 6.07) is 19.6. The predicted molar refractivity (Wildman–Crippen MR) is 134 cm³/mol. The van der Waals surface area contributed by atoms with Crippen molar-refractivity contribution in [2.24, 2.45) is 4.99 Å². The lowest BCUT2D eigenvalue weighted by atomic mass is 9.95. The Balaban J connectivity index is 1.43. The standard InChI is InChI=1S/C27H22N2O4S/c30-25(29-19-9-2-1-3-10-19)24-21-11-4-5-12-23(21)34-26(24)28-16-20-13-14-22(33-20)17-7-6-8-18(15-17)27(31)32/h1-3,6-10,13-16H,4-5,11-12H2,(H,29,30)(H,31,32)/b28-16-. The van der Waals surface area contributed by atoms with E-state index in [0.29, 0.717) is 27.6 Å². The van der Waals surface area contributed by atoms with Gasteiger partial charge in [-0.05, 0) is 67.6 Å². The zero-order valence-corrected chi connectivity index (χ0v) is 19.1. The van der Waals surface area contributed by atoms with Gasteiger partial charge in [0.2, 0.25) is 0 Å². The van der Waals surface area contributed by atoms with E-state index in [1.807, 2.05) is 30.3 Å². The van der Waals surface area contributed by atoms with Gasteiger partial charge in [-0.3, -0.25) is 4.79 Å². The number of carboxylic acid groups (broad SMARTS) is 1. The van der Waals surface area contributed by atoms with Crippen molar-refractivity contribution in [3.8, 4) is 11.3 Å². The van der Waals surface area contributed by atoms with Gasteiger partial charge in [0.25, 0.3) is 5.91 Å². The molecule has 2 N–H and O–H groups in total. The van der Waals surface area contributed by atoms with Crippen molar-refractivity contribution in [1.29, 1.82) is 0 Å².